The number of imidazole rings is 1. The van der Waals surface area contributed by atoms with Gasteiger partial charge in [-0.05, 0) is 54.0 Å². The Balaban J connectivity index is 1.20. The average molecular weight is 514 g/mol. The molecule has 1 aromatic carbocycles. The molecule has 0 spiro atoms. The van der Waals surface area contributed by atoms with E-state index in [-0.39, 0.29) is 30.0 Å². The van der Waals surface area contributed by atoms with Crippen LogP contribution in [0.25, 0.3) is 17.2 Å². The van der Waals surface area contributed by atoms with Crippen LogP contribution in [0.4, 0.5) is 4.39 Å². The van der Waals surface area contributed by atoms with Gasteiger partial charge >= 0.3 is 0 Å². The molecule has 2 saturated heterocycles. The van der Waals surface area contributed by atoms with Gasteiger partial charge in [-0.25, -0.2) is 9.37 Å². The summed E-state index contributed by atoms with van der Waals surface area (Å²) in [6.07, 6.45) is 5.75. The van der Waals surface area contributed by atoms with Crippen LogP contribution in [-0.4, -0.2) is 60.2 Å². The highest BCUT2D eigenvalue weighted by molar-refractivity contribution is 6.31. The fraction of sp³-hybridized carbons (Fsp3) is 0.481. The van der Waals surface area contributed by atoms with Crippen molar-refractivity contribution in [2.24, 2.45) is 5.92 Å². The second-order valence-electron chi connectivity index (χ2n) is 9.93. The number of halogens is 2. The quantitative estimate of drug-likeness (QED) is 0.486. The van der Waals surface area contributed by atoms with Crippen LogP contribution in [0.2, 0.25) is 5.02 Å². The van der Waals surface area contributed by atoms with E-state index in [2.05, 4.69) is 23.0 Å². The van der Waals surface area contributed by atoms with E-state index in [0.717, 1.165) is 29.5 Å². The lowest BCUT2D eigenvalue weighted by molar-refractivity contribution is 0.0262. The minimum absolute atomic E-state index is 0.0168. The maximum Gasteiger partial charge on any atom is 0.296 e. The molecule has 2 aliphatic heterocycles. The number of aryl methyl sites for hydroxylation is 1. The molecule has 5 atom stereocenters. The molecule has 0 amide bonds. The molecule has 9 heteroatoms. The highest BCUT2D eigenvalue weighted by atomic mass is 35.5. The van der Waals surface area contributed by atoms with Crippen molar-refractivity contribution in [3.8, 4) is 6.01 Å². The lowest BCUT2D eigenvalue weighted by Crippen LogP contribution is -2.33. The van der Waals surface area contributed by atoms with Gasteiger partial charge in [0.05, 0.1) is 42.2 Å². The van der Waals surface area contributed by atoms with E-state index in [9.17, 15) is 0 Å². The molecular formula is C27H29ClFN3O4. The summed E-state index contributed by atoms with van der Waals surface area (Å²) in [5.41, 5.74) is 4.59. The molecular weight excluding hydrogens is 485 g/mol. The summed E-state index contributed by atoms with van der Waals surface area (Å²) in [6, 6.07) is 5.84. The Morgan fingerprint density at radius 1 is 1.19 bits per heavy atom. The van der Waals surface area contributed by atoms with Crippen molar-refractivity contribution in [1.82, 2.24) is 15.0 Å². The lowest BCUT2D eigenvalue weighted by Gasteiger charge is -2.15. The molecule has 0 radical (unpaired) electrons. The molecule has 3 aromatic rings. The number of H-pyrrole nitrogens is 1. The third-order valence-corrected chi connectivity index (χ3v) is 7.74. The average Bonchev–Trinajstić information content (AvgIpc) is 3.61. The Hall–Kier alpha value is -2.52. The lowest BCUT2D eigenvalue weighted by atomic mass is 9.94. The predicted molar refractivity (Wildman–Crippen MR) is 134 cm³/mol. The molecule has 4 heterocycles. The van der Waals surface area contributed by atoms with E-state index in [0.29, 0.717) is 60.1 Å². The number of methoxy groups -OCH3 is 1. The van der Waals surface area contributed by atoms with Gasteiger partial charge in [-0.3, -0.25) is 0 Å². The molecule has 3 aliphatic rings. The van der Waals surface area contributed by atoms with Crippen molar-refractivity contribution < 1.29 is 23.3 Å². The first-order valence-electron chi connectivity index (χ1n) is 12.4. The standard InChI is InChI=1S/C27H29ClFN3O4/c1-14-12-34-25-22(13-35-24(14)25)36-27-31-21-11-18(28)20(30-26(21)32-27)10-17-6-5-16-8-15(4-3-7-33-2)9-19(29)23(16)17/h3-4,8-9,11,14,17,22,24-25H,5-7,10,12-13H2,1-2H3,(H,30,31,32)/b4-3+/t14-,17?,22-,24-,25-/m1/s1. The first-order valence-corrected chi connectivity index (χ1v) is 12.8. The zero-order chi connectivity index (χ0) is 24.8. The second kappa shape index (κ2) is 9.74. The molecule has 190 valence electrons. The number of pyridine rings is 1. The van der Waals surface area contributed by atoms with E-state index in [1.165, 1.54) is 0 Å². The van der Waals surface area contributed by atoms with Crippen LogP contribution < -0.4 is 4.74 Å². The largest absolute Gasteiger partial charge is 0.456 e. The smallest absolute Gasteiger partial charge is 0.296 e. The van der Waals surface area contributed by atoms with Crippen LogP contribution in [0.15, 0.2) is 24.3 Å². The van der Waals surface area contributed by atoms with Gasteiger partial charge in [-0.15, -0.1) is 0 Å². The summed E-state index contributed by atoms with van der Waals surface area (Å²) in [4.78, 5) is 12.4. The molecule has 2 aromatic heterocycles. The summed E-state index contributed by atoms with van der Waals surface area (Å²) < 4.78 is 38.0. The Morgan fingerprint density at radius 2 is 2.06 bits per heavy atom. The zero-order valence-electron chi connectivity index (χ0n) is 20.3. The number of hydrogen-bond acceptors (Lipinski definition) is 6. The highest BCUT2D eigenvalue weighted by Gasteiger charge is 2.47. The van der Waals surface area contributed by atoms with Gasteiger partial charge < -0.3 is 23.9 Å². The van der Waals surface area contributed by atoms with Crippen molar-refractivity contribution in [2.45, 2.75) is 50.4 Å². The first-order chi connectivity index (χ1) is 17.5. The van der Waals surface area contributed by atoms with Crippen molar-refractivity contribution in [3.05, 3.63) is 57.5 Å². The SMILES string of the molecule is COC/C=C/c1cc(F)c2c(c1)CCC2Cc1nc2nc(O[C@@H]3CO[C@H]4[C@@H]3OC[C@H]4C)[nH]c2cc1Cl. The number of nitrogens with zero attached hydrogens (tertiary/aromatic N) is 2. The van der Waals surface area contributed by atoms with E-state index in [1.807, 2.05) is 18.2 Å². The number of fused-ring (bicyclic) bond motifs is 3. The zero-order valence-corrected chi connectivity index (χ0v) is 21.1. The first kappa shape index (κ1) is 23.9. The third-order valence-electron chi connectivity index (χ3n) is 7.42. The molecule has 6 rings (SSSR count). The molecule has 1 unspecified atom stereocenters. The highest BCUT2D eigenvalue weighted by Crippen LogP contribution is 2.39. The van der Waals surface area contributed by atoms with Gasteiger partial charge in [0.15, 0.2) is 11.8 Å². The molecule has 7 nitrogen and oxygen atoms in total. The molecule has 1 N–H and O–H groups in total. The van der Waals surface area contributed by atoms with Crippen LogP contribution >= 0.6 is 11.6 Å². The molecule has 0 bridgehead atoms. The van der Waals surface area contributed by atoms with Gasteiger partial charge in [0.25, 0.3) is 6.01 Å². The van der Waals surface area contributed by atoms with Crippen LogP contribution in [0, 0.1) is 11.7 Å². The van der Waals surface area contributed by atoms with E-state index in [1.54, 1.807) is 13.2 Å². The molecule has 0 saturated carbocycles. The van der Waals surface area contributed by atoms with Crippen molar-refractivity contribution >= 4 is 28.8 Å². The van der Waals surface area contributed by atoms with E-state index in [4.69, 9.17) is 35.5 Å². The summed E-state index contributed by atoms with van der Waals surface area (Å²) in [5, 5.41) is 0.530. The van der Waals surface area contributed by atoms with Crippen LogP contribution in [0.5, 0.6) is 6.01 Å². The van der Waals surface area contributed by atoms with Crippen LogP contribution in [-0.2, 0) is 27.1 Å². The number of hydrogen-bond donors (Lipinski definition) is 1. The van der Waals surface area contributed by atoms with Crippen LogP contribution in [0.1, 0.15) is 41.6 Å². The van der Waals surface area contributed by atoms with Crippen molar-refractivity contribution in [3.63, 3.8) is 0 Å². The van der Waals surface area contributed by atoms with Crippen molar-refractivity contribution in [1.29, 1.82) is 0 Å². The monoisotopic (exact) mass is 513 g/mol. The summed E-state index contributed by atoms with van der Waals surface area (Å²) in [7, 11) is 1.63. The number of benzene rings is 1. The summed E-state index contributed by atoms with van der Waals surface area (Å²) in [5.74, 6) is 0.190. The number of ether oxygens (including phenoxy) is 4. The van der Waals surface area contributed by atoms with Gasteiger partial charge in [0, 0.05) is 13.0 Å². The molecule has 1 aliphatic carbocycles. The van der Waals surface area contributed by atoms with E-state index < -0.39 is 0 Å². The van der Waals surface area contributed by atoms with Gasteiger partial charge in [-0.1, -0.05) is 36.7 Å². The number of nitrogens with one attached hydrogen (secondary N) is 1. The van der Waals surface area contributed by atoms with Gasteiger partial charge in [0.1, 0.15) is 11.9 Å². The summed E-state index contributed by atoms with van der Waals surface area (Å²) >= 11 is 6.61. The van der Waals surface area contributed by atoms with Gasteiger partial charge in [0.2, 0.25) is 0 Å². The Kier molecular flexibility index (Phi) is 6.46. The molecule has 2 fully saturated rings. The Labute approximate surface area is 214 Å². The fourth-order valence-corrected chi connectivity index (χ4v) is 5.91. The minimum atomic E-state index is -0.220. The number of aromatic amines is 1. The Bertz CT molecular complexity index is 1310. The third kappa shape index (κ3) is 4.41. The maximum absolute atomic E-state index is 15.1. The van der Waals surface area contributed by atoms with Gasteiger partial charge in [-0.2, -0.15) is 4.98 Å². The van der Waals surface area contributed by atoms with E-state index >= 15 is 4.39 Å². The second-order valence-corrected chi connectivity index (χ2v) is 10.3. The normalized spacial score (nSPS) is 27.3. The van der Waals surface area contributed by atoms with Crippen LogP contribution in [0.3, 0.4) is 0 Å². The number of aromatic nitrogens is 3. The summed E-state index contributed by atoms with van der Waals surface area (Å²) in [6.45, 7) is 3.75. The van der Waals surface area contributed by atoms with Crippen molar-refractivity contribution in [2.75, 3.05) is 26.9 Å². The predicted octanol–water partition coefficient (Wildman–Crippen LogP) is 4.86. The molecule has 36 heavy (non-hydrogen) atoms. The topological polar surface area (TPSA) is 78.5 Å². The number of rotatable bonds is 7. The Morgan fingerprint density at radius 3 is 2.92 bits per heavy atom. The minimum Gasteiger partial charge on any atom is -0.456 e. The maximum atomic E-state index is 15.1. The fourth-order valence-electron chi connectivity index (χ4n) is 5.68.